The molecule has 0 aliphatic rings. The van der Waals surface area contributed by atoms with Crippen molar-refractivity contribution in [2.24, 2.45) is 0 Å². The molecule has 6 heteroatoms. The number of ether oxygens (including phenoxy) is 1. The maximum Gasteiger partial charge on any atom is 0.183 e. The third-order valence-electron chi connectivity index (χ3n) is 2.48. The maximum atomic E-state index is 8.84. The first kappa shape index (κ1) is 14.0. The van der Waals surface area contributed by atoms with Gasteiger partial charge in [-0.05, 0) is 50.1 Å². The largest absolute Gasteiger partial charge is 0.495 e. The van der Waals surface area contributed by atoms with E-state index in [0.717, 1.165) is 15.9 Å². The highest BCUT2D eigenvalue weighted by Crippen LogP contribution is 2.29. The zero-order valence-corrected chi connectivity index (χ0v) is 13.2. The Morgan fingerprint density at radius 2 is 2.16 bits per heavy atom. The topological polar surface area (TPSA) is 58.2 Å². The fourth-order valence-electron chi connectivity index (χ4n) is 1.57. The molecule has 0 saturated heterocycles. The van der Waals surface area contributed by atoms with Crippen LogP contribution in [0.1, 0.15) is 11.3 Å². The Morgan fingerprint density at radius 3 is 2.74 bits per heavy atom. The summed E-state index contributed by atoms with van der Waals surface area (Å²) in [6, 6.07) is 9.19. The highest BCUT2D eigenvalue weighted by atomic mass is 79.9. The molecule has 2 aromatic rings. The smallest absolute Gasteiger partial charge is 0.183 e. The Morgan fingerprint density at radius 1 is 1.37 bits per heavy atom. The van der Waals surface area contributed by atoms with Crippen LogP contribution in [-0.4, -0.2) is 7.11 Å². The Hall–Kier alpha value is -1.45. The van der Waals surface area contributed by atoms with Gasteiger partial charge in [0.05, 0.1) is 35.4 Å². The van der Waals surface area contributed by atoms with E-state index in [4.69, 9.17) is 14.4 Å². The second-order valence-electron chi connectivity index (χ2n) is 3.71. The molecule has 0 aliphatic heterocycles. The van der Waals surface area contributed by atoms with Crippen molar-refractivity contribution in [1.29, 1.82) is 5.26 Å². The van der Waals surface area contributed by atoms with Gasteiger partial charge >= 0.3 is 0 Å². The van der Waals surface area contributed by atoms with Gasteiger partial charge in [-0.25, -0.2) is 0 Å². The SMILES string of the molecule is COc1cc(C#N)ccc1NCc1cc(Br)c(Br)o1. The fourth-order valence-corrected chi connectivity index (χ4v) is 2.23. The fraction of sp³-hybridized carbons (Fsp3) is 0.154. The molecule has 4 nitrogen and oxygen atoms in total. The van der Waals surface area contributed by atoms with Crippen LogP contribution in [0.5, 0.6) is 5.75 Å². The van der Waals surface area contributed by atoms with Crippen LogP contribution in [0.25, 0.3) is 0 Å². The summed E-state index contributed by atoms with van der Waals surface area (Å²) in [7, 11) is 1.57. The number of hydrogen-bond acceptors (Lipinski definition) is 4. The van der Waals surface area contributed by atoms with Crippen molar-refractivity contribution in [2.45, 2.75) is 6.54 Å². The van der Waals surface area contributed by atoms with Crippen molar-refractivity contribution in [3.05, 3.63) is 44.7 Å². The highest BCUT2D eigenvalue weighted by Gasteiger charge is 2.08. The minimum Gasteiger partial charge on any atom is -0.495 e. The van der Waals surface area contributed by atoms with Crippen LogP contribution < -0.4 is 10.1 Å². The molecule has 1 aromatic carbocycles. The maximum absolute atomic E-state index is 8.84. The number of anilines is 1. The molecule has 0 radical (unpaired) electrons. The van der Waals surface area contributed by atoms with Crippen LogP contribution in [0.3, 0.4) is 0 Å². The number of halogens is 2. The van der Waals surface area contributed by atoms with Gasteiger partial charge in [-0.1, -0.05) is 0 Å². The monoisotopic (exact) mass is 384 g/mol. The van der Waals surface area contributed by atoms with E-state index in [0.29, 0.717) is 22.5 Å². The molecule has 0 aliphatic carbocycles. The van der Waals surface area contributed by atoms with Crippen molar-refractivity contribution >= 4 is 37.5 Å². The molecule has 0 fully saturated rings. The highest BCUT2D eigenvalue weighted by molar-refractivity contribution is 9.13. The minimum absolute atomic E-state index is 0.520. The summed E-state index contributed by atoms with van der Waals surface area (Å²) in [6.07, 6.45) is 0. The van der Waals surface area contributed by atoms with Gasteiger partial charge in [-0.2, -0.15) is 5.26 Å². The third kappa shape index (κ3) is 3.31. The first-order chi connectivity index (χ1) is 9.13. The number of rotatable bonds is 4. The van der Waals surface area contributed by atoms with Gasteiger partial charge in [-0.3, -0.25) is 0 Å². The zero-order chi connectivity index (χ0) is 13.8. The Bertz CT molecular complexity index is 613. The summed E-state index contributed by atoms with van der Waals surface area (Å²) in [5.41, 5.74) is 1.37. The summed E-state index contributed by atoms with van der Waals surface area (Å²) in [6.45, 7) is 0.520. The molecular weight excluding hydrogens is 376 g/mol. The van der Waals surface area contributed by atoms with Crippen molar-refractivity contribution in [3.8, 4) is 11.8 Å². The molecule has 0 spiro atoms. The van der Waals surface area contributed by atoms with E-state index in [1.54, 1.807) is 19.2 Å². The van der Waals surface area contributed by atoms with Crippen molar-refractivity contribution in [3.63, 3.8) is 0 Å². The second-order valence-corrected chi connectivity index (χ2v) is 5.29. The molecule has 98 valence electrons. The van der Waals surface area contributed by atoms with E-state index in [-0.39, 0.29) is 0 Å². The van der Waals surface area contributed by atoms with E-state index >= 15 is 0 Å². The lowest BCUT2D eigenvalue weighted by molar-refractivity contribution is 0.416. The van der Waals surface area contributed by atoms with Gasteiger partial charge in [0.15, 0.2) is 4.67 Å². The number of furan rings is 1. The molecule has 0 amide bonds. The van der Waals surface area contributed by atoms with Gasteiger partial charge in [0.25, 0.3) is 0 Å². The van der Waals surface area contributed by atoms with Crippen molar-refractivity contribution in [2.75, 3.05) is 12.4 Å². The molecule has 0 unspecified atom stereocenters. The van der Waals surface area contributed by atoms with E-state index in [1.807, 2.05) is 12.1 Å². The first-order valence-electron chi connectivity index (χ1n) is 5.39. The average molecular weight is 386 g/mol. The van der Waals surface area contributed by atoms with E-state index in [9.17, 15) is 0 Å². The number of nitriles is 1. The van der Waals surface area contributed by atoms with Crippen molar-refractivity contribution < 1.29 is 9.15 Å². The van der Waals surface area contributed by atoms with E-state index < -0.39 is 0 Å². The van der Waals surface area contributed by atoms with E-state index in [2.05, 4.69) is 43.2 Å². The molecule has 1 aromatic heterocycles. The number of methoxy groups -OCH3 is 1. The molecule has 1 heterocycles. The molecule has 19 heavy (non-hydrogen) atoms. The Kier molecular flexibility index (Phi) is 4.51. The van der Waals surface area contributed by atoms with Gasteiger partial charge in [0.1, 0.15) is 11.5 Å². The predicted octanol–water partition coefficient (Wildman–Crippen LogP) is 4.30. The lowest BCUT2D eigenvalue weighted by Gasteiger charge is -2.10. The van der Waals surface area contributed by atoms with Crippen LogP contribution in [0.2, 0.25) is 0 Å². The summed E-state index contributed by atoms with van der Waals surface area (Å²) in [4.78, 5) is 0. The number of nitrogens with one attached hydrogen (secondary N) is 1. The van der Waals surface area contributed by atoms with Gasteiger partial charge in [0.2, 0.25) is 0 Å². The van der Waals surface area contributed by atoms with Gasteiger partial charge < -0.3 is 14.5 Å². The zero-order valence-electron chi connectivity index (χ0n) is 10.0. The average Bonchev–Trinajstić information content (AvgIpc) is 2.75. The third-order valence-corrected chi connectivity index (χ3v) is 4.19. The van der Waals surface area contributed by atoms with Crippen LogP contribution in [0.15, 0.2) is 37.8 Å². The number of nitrogens with zero attached hydrogens (tertiary/aromatic N) is 1. The number of hydrogen-bond donors (Lipinski definition) is 1. The Labute approximate surface area is 127 Å². The molecule has 0 bridgehead atoms. The van der Waals surface area contributed by atoms with Crippen molar-refractivity contribution in [1.82, 2.24) is 0 Å². The first-order valence-corrected chi connectivity index (χ1v) is 6.98. The van der Waals surface area contributed by atoms with Crippen LogP contribution >= 0.6 is 31.9 Å². The molecule has 0 saturated carbocycles. The van der Waals surface area contributed by atoms with Gasteiger partial charge in [0, 0.05) is 6.07 Å². The summed E-state index contributed by atoms with van der Waals surface area (Å²) in [5.74, 6) is 1.41. The van der Waals surface area contributed by atoms with Gasteiger partial charge in [-0.15, -0.1) is 0 Å². The van der Waals surface area contributed by atoms with Crippen LogP contribution in [-0.2, 0) is 6.54 Å². The predicted molar refractivity (Wildman–Crippen MR) is 79.1 cm³/mol. The standard InChI is InChI=1S/C13H10Br2N2O2/c1-18-12-4-8(6-16)2-3-11(12)17-7-9-5-10(14)13(15)19-9/h2-5,17H,7H2,1H3. The van der Waals surface area contributed by atoms with E-state index in [1.165, 1.54) is 0 Å². The summed E-state index contributed by atoms with van der Waals surface area (Å²) < 4.78 is 12.2. The summed E-state index contributed by atoms with van der Waals surface area (Å²) >= 11 is 6.65. The second kappa shape index (κ2) is 6.13. The normalized spacial score (nSPS) is 10.0. The molecule has 2 rings (SSSR count). The molecular formula is C13H10Br2N2O2. The minimum atomic E-state index is 0.520. The lowest BCUT2D eigenvalue weighted by Crippen LogP contribution is -2.00. The van der Waals surface area contributed by atoms with Crippen LogP contribution in [0, 0.1) is 11.3 Å². The molecule has 0 atom stereocenters. The Balaban J connectivity index is 2.13. The summed E-state index contributed by atoms with van der Waals surface area (Å²) in [5, 5.41) is 12.0. The lowest BCUT2D eigenvalue weighted by atomic mass is 10.2. The van der Waals surface area contributed by atoms with Crippen LogP contribution in [0.4, 0.5) is 5.69 Å². The quantitative estimate of drug-likeness (QED) is 0.852. The number of benzene rings is 1. The molecule has 1 N–H and O–H groups in total.